The van der Waals surface area contributed by atoms with Crippen LogP contribution in [0.3, 0.4) is 0 Å². The van der Waals surface area contributed by atoms with Gasteiger partial charge >= 0.3 is 0 Å². The Morgan fingerprint density at radius 3 is 2.82 bits per heavy atom. The van der Waals surface area contributed by atoms with Gasteiger partial charge in [-0.05, 0) is 29.8 Å². The van der Waals surface area contributed by atoms with Crippen molar-refractivity contribution >= 4 is 23.4 Å². The number of nitriles is 1. The third-order valence-corrected chi connectivity index (χ3v) is 3.35. The van der Waals surface area contributed by atoms with Crippen LogP contribution >= 0.6 is 23.4 Å². The van der Waals surface area contributed by atoms with E-state index in [4.69, 9.17) is 16.9 Å². The van der Waals surface area contributed by atoms with Crippen LogP contribution in [0.15, 0.2) is 47.5 Å². The summed E-state index contributed by atoms with van der Waals surface area (Å²) in [7, 11) is 0. The molecule has 0 saturated heterocycles. The molecule has 0 fully saturated rings. The summed E-state index contributed by atoms with van der Waals surface area (Å²) >= 11 is 7.50. The molecule has 2 rings (SSSR count). The second-order valence-electron chi connectivity index (χ2n) is 3.39. The number of pyridine rings is 1. The molecule has 0 bridgehead atoms. The van der Waals surface area contributed by atoms with Gasteiger partial charge in [-0.15, -0.1) is 11.8 Å². The number of hydrogen-bond donors (Lipinski definition) is 0. The molecule has 84 valence electrons. The molecule has 2 aromatic rings. The Morgan fingerprint density at radius 1 is 1.24 bits per heavy atom. The van der Waals surface area contributed by atoms with E-state index in [-0.39, 0.29) is 0 Å². The molecular formula is C13H9ClN2S. The summed E-state index contributed by atoms with van der Waals surface area (Å²) in [5.41, 5.74) is 1.59. The van der Waals surface area contributed by atoms with Crippen LogP contribution in [0.4, 0.5) is 0 Å². The predicted octanol–water partition coefficient (Wildman–Crippen LogP) is 3.90. The zero-order valence-corrected chi connectivity index (χ0v) is 10.5. The molecule has 0 aliphatic rings. The van der Waals surface area contributed by atoms with Crippen LogP contribution in [0, 0.1) is 11.3 Å². The fourth-order valence-corrected chi connectivity index (χ4v) is 2.39. The van der Waals surface area contributed by atoms with Crippen molar-refractivity contribution in [3.8, 4) is 6.07 Å². The van der Waals surface area contributed by atoms with Crippen LogP contribution in [0.5, 0.6) is 0 Å². The van der Waals surface area contributed by atoms with Crippen LogP contribution in [-0.4, -0.2) is 4.98 Å². The van der Waals surface area contributed by atoms with Gasteiger partial charge in [-0.1, -0.05) is 29.8 Å². The van der Waals surface area contributed by atoms with Gasteiger partial charge in [0.05, 0.1) is 5.03 Å². The maximum absolute atomic E-state index is 8.74. The minimum absolute atomic E-state index is 0.445. The van der Waals surface area contributed by atoms with Gasteiger partial charge in [0.15, 0.2) is 0 Å². The van der Waals surface area contributed by atoms with Gasteiger partial charge in [0.1, 0.15) is 11.8 Å². The molecule has 0 aliphatic heterocycles. The van der Waals surface area contributed by atoms with Crippen molar-refractivity contribution in [3.63, 3.8) is 0 Å². The standard InChI is InChI=1S/C13H9ClN2S/c14-11-4-1-3-10(7-11)9-17-13-6-2-5-12(8-15)16-13/h1-7H,9H2. The highest BCUT2D eigenvalue weighted by Gasteiger charge is 1.99. The molecule has 1 heterocycles. The zero-order chi connectivity index (χ0) is 12.1. The Labute approximate surface area is 109 Å². The summed E-state index contributed by atoms with van der Waals surface area (Å²) in [4.78, 5) is 4.20. The first-order valence-corrected chi connectivity index (χ1v) is 6.39. The Morgan fingerprint density at radius 2 is 2.06 bits per heavy atom. The maximum atomic E-state index is 8.74. The molecule has 0 unspecified atom stereocenters. The molecule has 0 amide bonds. The largest absolute Gasteiger partial charge is 0.231 e. The molecule has 0 saturated carbocycles. The third-order valence-electron chi connectivity index (χ3n) is 2.11. The molecule has 0 aliphatic carbocycles. The maximum Gasteiger partial charge on any atom is 0.141 e. The van der Waals surface area contributed by atoms with Crippen LogP contribution < -0.4 is 0 Å². The predicted molar refractivity (Wildman–Crippen MR) is 70.0 cm³/mol. The van der Waals surface area contributed by atoms with Crippen LogP contribution in [0.25, 0.3) is 0 Å². The lowest BCUT2D eigenvalue weighted by Crippen LogP contribution is -1.86. The summed E-state index contributed by atoms with van der Waals surface area (Å²) in [6.45, 7) is 0. The SMILES string of the molecule is N#Cc1cccc(SCc2cccc(Cl)c2)n1. The lowest BCUT2D eigenvalue weighted by atomic mass is 10.2. The zero-order valence-electron chi connectivity index (χ0n) is 8.93. The number of benzene rings is 1. The fraction of sp³-hybridized carbons (Fsp3) is 0.0769. The van der Waals surface area contributed by atoms with E-state index in [2.05, 4.69) is 4.98 Å². The van der Waals surface area contributed by atoms with E-state index in [0.717, 1.165) is 21.4 Å². The smallest absolute Gasteiger partial charge is 0.141 e. The second-order valence-corrected chi connectivity index (χ2v) is 4.82. The summed E-state index contributed by atoms with van der Waals surface area (Å²) in [5.74, 6) is 0.794. The number of aromatic nitrogens is 1. The quantitative estimate of drug-likeness (QED) is 0.786. The van der Waals surface area contributed by atoms with Crippen molar-refractivity contribution in [2.45, 2.75) is 10.8 Å². The second kappa shape index (κ2) is 5.72. The van der Waals surface area contributed by atoms with Crippen molar-refractivity contribution in [1.29, 1.82) is 5.26 Å². The molecule has 2 nitrogen and oxygen atoms in total. The average molecular weight is 261 g/mol. The number of nitrogens with zero attached hydrogens (tertiary/aromatic N) is 2. The van der Waals surface area contributed by atoms with Crippen LogP contribution in [0.1, 0.15) is 11.3 Å². The molecule has 0 N–H and O–H groups in total. The third kappa shape index (κ3) is 3.48. The first kappa shape index (κ1) is 12.0. The highest BCUT2D eigenvalue weighted by Crippen LogP contribution is 2.22. The first-order valence-electron chi connectivity index (χ1n) is 5.02. The Kier molecular flexibility index (Phi) is 4.03. The highest BCUT2D eigenvalue weighted by atomic mass is 35.5. The Balaban J connectivity index is 2.05. The molecule has 0 radical (unpaired) electrons. The lowest BCUT2D eigenvalue weighted by molar-refractivity contribution is 1.10. The molecule has 1 aromatic carbocycles. The molecule has 1 aromatic heterocycles. The minimum Gasteiger partial charge on any atom is -0.231 e. The van der Waals surface area contributed by atoms with E-state index in [1.54, 1.807) is 17.8 Å². The van der Waals surface area contributed by atoms with Crippen molar-refractivity contribution < 1.29 is 0 Å². The Hall–Kier alpha value is -1.50. The van der Waals surface area contributed by atoms with Crippen molar-refractivity contribution in [2.75, 3.05) is 0 Å². The first-order chi connectivity index (χ1) is 8.28. The monoisotopic (exact) mass is 260 g/mol. The van der Waals surface area contributed by atoms with E-state index < -0.39 is 0 Å². The van der Waals surface area contributed by atoms with Crippen LogP contribution in [-0.2, 0) is 5.75 Å². The van der Waals surface area contributed by atoms with E-state index in [1.807, 2.05) is 42.5 Å². The van der Waals surface area contributed by atoms with E-state index in [0.29, 0.717) is 5.69 Å². The topological polar surface area (TPSA) is 36.7 Å². The fourth-order valence-electron chi connectivity index (χ4n) is 1.34. The van der Waals surface area contributed by atoms with Crippen LogP contribution in [0.2, 0.25) is 5.02 Å². The normalized spacial score (nSPS) is 9.88. The summed E-state index contributed by atoms with van der Waals surface area (Å²) in [6.07, 6.45) is 0. The molecule has 0 atom stereocenters. The van der Waals surface area contributed by atoms with Crippen molar-refractivity contribution in [2.24, 2.45) is 0 Å². The lowest BCUT2D eigenvalue weighted by Gasteiger charge is -2.02. The van der Waals surface area contributed by atoms with E-state index in [1.165, 1.54) is 0 Å². The average Bonchev–Trinajstić information content (AvgIpc) is 2.37. The number of hydrogen-bond acceptors (Lipinski definition) is 3. The van der Waals surface area contributed by atoms with Gasteiger partial charge < -0.3 is 0 Å². The molecular weight excluding hydrogens is 252 g/mol. The number of thioether (sulfide) groups is 1. The summed E-state index contributed by atoms with van der Waals surface area (Å²) in [6, 6.07) is 15.2. The van der Waals surface area contributed by atoms with Gasteiger partial charge in [0.2, 0.25) is 0 Å². The van der Waals surface area contributed by atoms with E-state index in [9.17, 15) is 0 Å². The van der Waals surface area contributed by atoms with E-state index >= 15 is 0 Å². The minimum atomic E-state index is 0.445. The number of rotatable bonds is 3. The van der Waals surface area contributed by atoms with Gasteiger partial charge in [-0.2, -0.15) is 5.26 Å². The van der Waals surface area contributed by atoms with Crippen molar-refractivity contribution in [3.05, 3.63) is 58.7 Å². The van der Waals surface area contributed by atoms with Gasteiger partial charge in [-0.3, -0.25) is 0 Å². The van der Waals surface area contributed by atoms with Gasteiger partial charge in [0, 0.05) is 10.8 Å². The summed E-state index contributed by atoms with van der Waals surface area (Å²) < 4.78 is 0. The number of halogens is 1. The Bertz CT molecular complexity index is 563. The summed E-state index contributed by atoms with van der Waals surface area (Å²) in [5, 5.41) is 10.3. The molecule has 4 heteroatoms. The molecule has 17 heavy (non-hydrogen) atoms. The van der Waals surface area contributed by atoms with Crippen molar-refractivity contribution in [1.82, 2.24) is 4.98 Å². The van der Waals surface area contributed by atoms with Gasteiger partial charge in [-0.25, -0.2) is 4.98 Å². The highest BCUT2D eigenvalue weighted by molar-refractivity contribution is 7.98. The molecule has 0 spiro atoms. The van der Waals surface area contributed by atoms with Gasteiger partial charge in [0.25, 0.3) is 0 Å².